The molecule has 2 atom stereocenters. The second kappa shape index (κ2) is 8.08. The number of aromatic nitrogens is 5. The van der Waals surface area contributed by atoms with Crippen molar-refractivity contribution < 1.29 is 22.4 Å². The van der Waals surface area contributed by atoms with E-state index in [1.54, 1.807) is 11.1 Å². The number of carbonyl (C=O) groups is 1. The highest BCUT2D eigenvalue weighted by molar-refractivity contribution is 14.1. The lowest BCUT2D eigenvalue weighted by molar-refractivity contribution is -0.141. The fraction of sp³-hybridized carbons (Fsp3) is 0.300. The number of benzene rings is 1. The monoisotopic (exact) mass is 592 g/mol. The topological polar surface area (TPSA) is 79.7 Å². The first-order valence-corrected chi connectivity index (χ1v) is 11.3. The molecular formula is C20H14ClF4IN6O. The Morgan fingerprint density at radius 3 is 2.70 bits per heavy atom. The molecule has 13 heteroatoms. The molecule has 5 rings (SSSR count). The summed E-state index contributed by atoms with van der Waals surface area (Å²) in [5.74, 6) is -0.472. The Bertz CT molecular complexity index is 1290. The molecule has 1 unspecified atom stereocenters. The standard InChI is InChI=1S/C20H14ClF4IN6O/c21-11-2-4-12(31-8-14(29-30-31)20(23,24)25)17(18(11)22)9-5-10-1-3-13(32(10)16(33)6-9)19-27-7-15(26)28-19/h2,4,6-8,10,13H,1,3,5H2,(H,27,28)/t10?,13-/m0/s1. The summed E-state index contributed by atoms with van der Waals surface area (Å²) in [4.78, 5) is 22.3. The molecule has 2 aromatic heterocycles. The largest absolute Gasteiger partial charge is 0.436 e. The predicted octanol–water partition coefficient (Wildman–Crippen LogP) is 4.93. The smallest absolute Gasteiger partial charge is 0.336 e. The number of aromatic amines is 1. The number of nitrogens with zero attached hydrogens (tertiary/aromatic N) is 5. The highest BCUT2D eigenvalue weighted by Crippen LogP contribution is 2.44. The van der Waals surface area contributed by atoms with E-state index in [-0.39, 0.29) is 34.3 Å². The van der Waals surface area contributed by atoms with Crippen molar-refractivity contribution in [1.82, 2.24) is 29.9 Å². The number of amides is 1. The summed E-state index contributed by atoms with van der Waals surface area (Å²) >= 11 is 8.09. The molecule has 3 aromatic rings. The van der Waals surface area contributed by atoms with Crippen molar-refractivity contribution in [2.45, 2.75) is 37.5 Å². The minimum atomic E-state index is -4.70. The second-order valence-electron chi connectivity index (χ2n) is 7.78. The molecule has 0 saturated carbocycles. The Morgan fingerprint density at radius 1 is 1.24 bits per heavy atom. The van der Waals surface area contributed by atoms with E-state index in [0.717, 1.165) is 8.38 Å². The number of nitrogens with one attached hydrogen (secondary N) is 1. The number of rotatable bonds is 3. The average Bonchev–Trinajstić information content (AvgIpc) is 3.48. The Morgan fingerprint density at radius 2 is 2.03 bits per heavy atom. The van der Waals surface area contributed by atoms with Crippen LogP contribution in [0.3, 0.4) is 0 Å². The number of imidazole rings is 1. The van der Waals surface area contributed by atoms with Gasteiger partial charge in [0.15, 0.2) is 11.5 Å². The summed E-state index contributed by atoms with van der Waals surface area (Å²) in [5, 5.41) is 6.45. The van der Waals surface area contributed by atoms with Crippen LogP contribution < -0.4 is 0 Å². The Hall–Kier alpha value is -2.48. The highest BCUT2D eigenvalue weighted by Gasteiger charge is 2.42. The molecular weight excluding hydrogens is 579 g/mol. The van der Waals surface area contributed by atoms with E-state index >= 15 is 4.39 Å². The summed E-state index contributed by atoms with van der Waals surface area (Å²) in [5.41, 5.74) is -0.918. The summed E-state index contributed by atoms with van der Waals surface area (Å²) in [6.07, 6.45) is 0.627. The summed E-state index contributed by atoms with van der Waals surface area (Å²) in [6.45, 7) is 0. The molecule has 1 saturated heterocycles. The van der Waals surface area contributed by atoms with Crippen molar-refractivity contribution in [3.05, 3.63) is 62.2 Å². The van der Waals surface area contributed by atoms with Gasteiger partial charge in [-0.05, 0) is 59.6 Å². The average molecular weight is 593 g/mol. The molecule has 0 spiro atoms. The SMILES string of the molecule is O=C1C=C(c2c(-n3cc(C(F)(F)F)nn3)ccc(Cl)c2F)CC2CC[C@@H](c3ncc(I)[nH]3)N12. The molecule has 33 heavy (non-hydrogen) atoms. The molecule has 1 fully saturated rings. The Kier molecular flexibility index (Phi) is 5.46. The van der Waals surface area contributed by atoms with Crippen LogP contribution in [0.25, 0.3) is 11.3 Å². The zero-order valence-corrected chi connectivity index (χ0v) is 19.5. The van der Waals surface area contributed by atoms with Crippen LogP contribution in [0.1, 0.15) is 42.4 Å². The van der Waals surface area contributed by atoms with Crippen LogP contribution in [-0.4, -0.2) is 41.8 Å². The number of carbonyl (C=O) groups excluding carboxylic acids is 1. The fourth-order valence-electron chi connectivity index (χ4n) is 4.43. The van der Waals surface area contributed by atoms with Gasteiger partial charge in [0.25, 0.3) is 0 Å². The Labute approximate surface area is 203 Å². The van der Waals surface area contributed by atoms with Crippen molar-refractivity contribution in [3.63, 3.8) is 0 Å². The zero-order valence-electron chi connectivity index (χ0n) is 16.6. The van der Waals surface area contributed by atoms with Crippen LogP contribution in [0.4, 0.5) is 17.6 Å². The number of fused-ring (bicyclic) bond motifs is 1. The summed E-state index contributed by atoms with van der Waals surface area (Å²) < 4.78 is 55.9. The van der Waals surface area contributed by atoms with Gasteiger partial charge in [-0.15, -0.1) is 5.10 Å². The first kappa shape index (κ1) is 22.3. The number of halogens is 6. The normalized spacial score (nSPS) is 20.8. The molecule has 1 aromatic carbocycles. The van der Waals surface area contributed by atoms with Gasteiger partial charge >= 0.3 is 6.18 Å². The third-order valence-electron chi connectivity index (χ3n) is 5.81. The molecule has 2 aliphatic rings. The first-order valence-electron chi connectivity index (χ1n) is 9.85. The van der Waals surface area contributed by atoms with Crippen LogP contribution >= 0.6 is 34.2 Å². The number of alkyl halides is 3. The van der Waals surface area contributed by atoms with Crippen molar-refractivity contribution in [2.75, 3.05) is 0 Å². The van der Waals surface area contributed by atoms with E-state index in [9.17, 15) is 18.0 Å². The van der Waals surface area contributed by atoms with Crippen molar-refractivity contribution in [1.29, 1.82) is 0 Å². The lowest BCUT2D eigenvalue weighted by atomic mass is 9.92. The minimum absolute atomic E-state index is 0.0162. The van der Waals surface area contributed by atoms with Gasteiger partial charge in [-0.3, -0.25) is 4.79 Å². The molecule has 0 radical (unpaired) electrons. The Balaban J connectivity index is 1.55. The molecule has 7 nitrogen and oxygen atoms in total. The van der Waals surface area contributed by atoms with Crippen LogP contribution in [0.15, 0.2) is 30.6 Å². The van der Waals surface area contributed by atoms with Gasteiger partial charge < -0.3 is 9.88 Å². The van der Waals surface area contributed by atoms with Gasteiger partial charge in [0.2, 0.25) is 5.91 Å². The van der Waals surface area contributed by atoms with Crippen molar-refractivity contribution in [2.24, 2.45) is 0 Å². The molecule has 1 N–H and O–H groups in total. The third kappa shape index (κ3) is 3.92. The second-order valence-corrected chi connectivity index (χ2v) is 9.35. The molecule has 2 aliphatic heterocycles. The van der Waals surface area contributed by atoms with E-state index in [1.165, 1.54) is 18.2 Å². The maximum absolute atomic E-state index is 15.2. The molecule has 1 amide bonds. The van der Waals surface area contributed by atoms with E-state index in [1.807, 2.05) is 0 Å². The van der Waals surface area contributed by atoms with Gasteiger partial charge in [-0.1, -0.05) is 16.8 Å². The lowest BCUT2D eigenvalue weighted by Gasteiger charge is -2.33. The van der Waals surface area contributed by atoms with E-state index in [0.29, 0.717) is 36.9 Å². The van der Waals surface area contributed by atoms with Crippen LogP contribution in [0.5, 0.6) is 0 Å². The van der Waals surface area contributed by atoms with Gasteiger partial charge in [-0.2, -0.15) is 13.2 Å². The van der Waals surface area contributed by atoms with Gasteiger partial charge in [-0.25, -0.2) is 14.1 Å². The van der Waals surface area contributed by atoms with Crippen LogP contribution in [0, 0.1) is 9.52 Å². The minimum Gasteiger partial charge on any atom is -0.336 e. The molecule has 4 heterocycles. The van der Waals surface area contributed by atoms with Crippen LogP contribution in [0.2, 0.25) is 5.02 Å². The van der Waals surface area contributed by atoms with E-state index in [4.69, 9.17) is 11.6 Å². The molecule has 172 valence electrons. The molecule has 0 aliphatic carbocycles. The first-order chi connectivity index (χ1) is 15.6. The lowest BCUT2D eigenvalue weighted by Crippen LogP contribution is -2.39. The number of hydrogen-bond donors (Lipinski definition) is 1. The highest BCUT2D eigenvalue weighted by atomic mass is 127. The number of H-pyrrole nitrogens is 1. The van der Waals surface area contributed by atoms with Crippen LogP contribution in [-0.2, 0) is 11.0 Å². The zero-order chi connectivity index (χ0) is 23.5. The maximum Gasteiger partial charge on any atom is 0.436 e. The van der Waals surface area contributed by atoms with Gasteiger partial charge in [0.05, 0.1) is 32.8 Å². The van der Waals surface area contributed by atoms with Crippen molar-refractivity contribution in [3.8, 4) is 5.69 Å². The number of hydrogen-bond acceptors (Lipinski definition) is 4. The quantitative estimate of drug-likeness (QED) is 0.346. The van der Waals surface area contributed by atoms with E-state index in [2.05, 4.69) is 42.9 Å². The summed E-state index contributed by atoms with van der Waals surface area (Å²) in [6, 6.07) is 2.15. The fourth-order valence-corrected chi connectivity index (χ4v) is 5.00. The maximum atomic E-state index is 15.2. The van der Waals surface area contributed by atoms with Gasteiger partial charge in [0.1, 0.15) is 5.82 Å². The van der Waals surface area contributed by atoms with E-state index < -0.39 is 17.7 Å². The third-order valence-corrected chi connectivity index (χ3v) is 6.66. The molecule has 0 bridgehead atoms. The van der Waals surface area contributed by atoms with Gasteiger partial charge in [0, 0.05) is 17.7 Å². The predicted molar refractivity (Wildman–Crippen MR) is 118 cm³/mol. The van der Waals surface area contributed by atoms with Crippen molar-refractivity contribution >= 4 is 45.7 Å². The summed E-state index contributed by atoms with van der Waals surface area (Å²) in [7, 11) is 0.